The number of ether oxygens (including phenoxy) is 1. The Balaban J connectivity index is 1.58. The molecule has 0 aromatic heterocycles. The molecule has 0 spiro atoms. The molecule has 0 radical (unpaired) electrons. The molecule has 2 atom stereocenters. The van der Waals surface area contributed by atoms with Gasteiger partial charge in [0.1, 0.15) is 0 Å². The number of benzene rings is 1. The zero-order valence-corrected chi connectivity index (χ0v) is 16.6. The predicted molar refractivity (Wildman–Crippen MR) is 108 cm³/mol. The number of hydrogen-bond donors (Lipinski definition) is 1. The van der Waals surface area contributed by atoms with Gasteiger partial charge >= 0.3 is 0 Å². The summed E-state index contributed by atoms with van der Waals surface area (Å²) in [6, 6.07) is 7.72. The van der Waals surface area contributed by atoms with Gasteiger partial charge in [0.25, 0.3) is 5.91 Å². The van der Waals surface area contributed by atoms with Crippen molar-refractivity contribution >= 4 is 11.9 Å². The van der Waals surface area contributed by atoms with Crippen molar-refractivity contribution in [1.29, 1.82) is 0 Å². The lowest BCUT2D eigenvalue weighted by molar-refractivity contribution is -0.0586. The summed E-state index contributed by atoms with van der Waals surface area (Å²) < 4.78 is 5.71. The fourth-order valence-electron chi connectivity index (χ4n) is 3.85. The van der Waals surface area contributed by atoms with Gasteiger partial charge in [-0.05, 0) is 44.4 Å². The number of likely N-dealkylation sites (tertiary alicyclic amines) is 1. The molecule has 148 valence electrons. The summed E-state index contributed by atoms with van der Waals surface area (Å²) in [6.07, 6.45) is 5.08. The van der Waals surface area contributed by atoms with Crippen LogP contribution in [0.5, 0.6) is 0 Å². The monoisotopic (exact) mass is 372 g/mol. The molecule has 2 heterocycles. The smallest absolute Gasteiger partial charge is 0.254 e. The van der Waals surface area contributed by atoms with Crippen molar-refractivity contribution in [3.8, 4) is 0 Å². The Morgan fingerprint density at radius 2 is 1.63 bits per heavy atom. The molecule has 2 aliphatic rings. The highest BCUT2D eigenvalue weighted by molar-refractivity contribution is 5.94. The molecular formula is C21H32N4O2. The second-order valence-corrected chi connectivity index (χ2v) is 7.74. The summed E-state index contributed by atoms with van der Waals surface area (Å²) >= 11 is 0. The molecule has 2 saturated heterocycles. The molecule has 0 saturated carbocycles. The van der Waals surface area contributed by atoms with Crippen molar-refractivity contribution in [3.05, 3.63) is 35.4 Å². The van der Waals surface area contributed by atoms with Crippen molar-refractivity contribution in [2.75, 3.05) is 26.2 Å². The third-order valence-electron chi connectivity index (χ3n) is 5.26. The molecule has 3 rings (SSSR count). The summed E-state index contributed by atoms with van der Waals surface area (Å²) in [7, 11) is 0. The summed E-state index contributed by atoms with van der Waals surface area (Å²) in [4.78, 5) is 21.3. The highest BCUT2D eigenvalue weighted by Gasteiger charge is 2.26. The second kappa shape index (κ2) is 9.22. The first kappa shape index (κ1) is 19.7. The van der Waals surface area contributed by atoms with Crippen LogP contribution < -0.4 is 5.73 Å². The Labute approximate surface area is 162 Å². The van der Waals surface area contributed by atoms with Crippen molar-refractivity contribution in [2.24, 2.45) is 10.7 Å². The van der Waals surface area contributed by atoms with E-state index in [0.717, 1.165) is 18.7 Å². The van der Waals surface area contributed by atoms with Crippen molar-refractivity contribution in [2.45, 2.75) is 58.3 Å². The Hall–Kier alpha value is -2.08. The Bertz CT molecular complexity index is 641. The number of morpholine rings is 1. The summed E-state index contributed by atoms with van der Waals surface area (Å²) in [6.45, 7) is 7.83. The van der Waals surface area contributed by atoms with Crippen LogP contribution in [0.2, 0.25) is 0 Å². The number of amides is 1. The van der Waals surface area contributed by atoms with Crippen LogP contribution in [0.3, 0.4) is 0 Å². The van der Waals surface area contributed by atoms with E-state index in [1.807, 2.05) is 43.0 Å². The van der Waals surface area contributed by atoms with Crippen LogP contribution in [0.15, 0.2) is 29.3 Å². The van der Waals surface area contributed by atoms with E-state index >= 15 is 0 Å². The number of hydrogen-bond acceptors (Lipinski definition) is 3. The third kappa shape index (κ3) is 5.45. The normalized spacial score (nSPS) is 24.6. The van der Waals surface area contributed by atoms with Gasteiger partial charge in [-0.25, -0.2) is 4.99 Å². The van der Waals surface area contributed by atoms with Gasteiger partial charge in [0.2, 0.25) is 0 Å². The Morgan fingerprint density at radius 3 is 2.22 bits per heavy atom. The summed E-state index contributed by atoms with van der Waals surface area (Å²) in [5, 5.41) is 0. The molecule has 2 fully saturated rings. The van der Waals surface area contributed by atoms with Gasteiger partial charge < -0.3 is 20.3 Å². The van der Waals surface area contributed by atoms with Crippen LogP contribution in [0.1, 0.15) is 55.5 Å². The zero-order valence-electron chi connectivity index (χ0n) is 16.6. The lowest BCUT2D eigenvalue weighted by atomic mass is 10.1. The molecule has 6 heteroatoms. The van der Waals surface area contributed by atoms with Crippen LogP contribution in [-0.4, -0.2) is 60.1 Å². The van der Waals surface area contributed by atoms with Crippen molar-refractivity contribution in [3.63, 3.8) is 0 Å². The average molecular weight is 373 g/mol. The average Bonchev–Trinajstić information content (AvgIpc) is 2.95. The molecular weight excluding hydrogens is 340 g/mol. The maximum absolute atomic E-state index is 12.7. The fraction of sp³-hybridized carbons (Fsp3) is 0.619. The molecule has 6 nitrogen and oxygen atoms in total. The minimum absolute atomic E-state index is 0.0659. The van der Waals surface area contributed by atoms with Crippen molar-refractivity contribution < 1.29 is 9.53 Å². The van der Waals surface area contributed by atoms with E-state index in [9.17, 15) is 4.79 Å². The lowest BCUT2D eigenvalue weighted by Gasteiger charge is -2.35. The first-order chi connectivity index (χ1) is 13.0. The molecule has 2 N–H and O–H groups in total. The highest BCUT2D eigenvalue weighted by Crippen LogP contribution is 2.15. The first-order valence-corrected chi connectivity index (χ1v) is 10.1. The van der Waals surface area contributed by atoms with E-state index in [2.05, 4.69) is 9.89 Å². The van der Waals surface area contributed by atoms with E-state index in [1.165, 1.54) is 25.7 Å². The zero-order chi connectivity index (χ0) is 19.2. The number of rotatable bonds is 3. The van der Waals surface area contributed by atoms with E-state index in [-0.39, 0.29) is 18.1 Å². The van der Waals surface area contributed by atoms with Crippen molar-refractivity contribution in [1.82, 2.24) is 9.80 Å². The Morgan fingerprint density at radius 1 is 1.04 bits per heavy atom. The van der Waals surface area contributed by atoms with Gasteiger partial charge in [-0.3, -0.25) is 4.79 Å². The van der Waals surface area contributed by atoms with Gasteiger partial charge in [-0.1, -0.05) is 25.0 Å². The summed E-state index contributed by atoms with van der Waals surface area (Å²) in [5.41, 5.74) is 7.95. The maximum atomic E-state index is 12.7. The molecule has 27 heavy (non-hydrogen) atoms. The van der Waals surface area contributed by atoms with Gasteiger partial charge in [0.05, 0.1) is 18.8 Å². The molecule has 1 amide bonds. The number of carbonyl (C=O) groups is 1. The van der Waals surface area contributed by atoms with Gasteiger partial charge in [0.15, 0.2) is 5.96 Å². The van der Waals surface area contributed by atoms with Crippen LogP contribution in [-0.2, 0) is 11.3 Å². The quantitative estimate of drug-likeness (QED) is 0.654. The van der Waals surface area contributed by atoms with Crippen LogP contribution >= 0.6 is 0 Å². The molecule has 1 aromatic carbocycles. The van der Waals surface area contributed by atoms with Crippen LogP contribution in [0, 0.1) is 0 Å². The number of nitrogens with zero attached hydrogens (tertiary/aromatic N) is 3. The summed E-state index contributed by atoms with van der Waals surface area (Å²) in [5.74, 6) is 0.699. The second-order valence-electron chi connectivity index (χ2n) is 7.74. The lowest BCUT2D eigenvalue weighted by Crippen LogP contribution is -2.48. The topological polar surface area (TPSA) is 71.2 Å². The fourth-order valence-corrected chi connectivity index (χ4v) is 3.85. The molecule has 0 bridgehead atoms. The van der Waals surface area contributed by atoms with Crippen LogP contribution in [0.4, 0.5) is 0 Å². The standard InChI is InChI=1S/C21H32N4O2/c1-16-14-25(15-17(2)27-16)20(26)19-9-7-18(8-10-19)13-23-21(22)24-11-5-3-4-6-12-24/h7-10,16-17H,3-6,11-15H2,1-2H3,(H2,22,23). The number of carbonyl (C=O) groups excluding carboxylic acids is 1. The first-order valence-electron chi connectivity index (χ1n) is 10.1. The molecule has 2 aliphatic heterocycles. The minimum Gasteiger partial charge on any atom is -0.372 e. The van der Waals surface area contributed by atoms with Gasteiger partial charge in [0, 0.05) is 31.7 Å². The third-order valence-corrected chi connectivity index (χ3v) is 5.26. The molecule has 0 aliphatic carbocycles. The largest absolute Gasteiger partial charge is 0.372 e. The Kier molecular flexibility index (Phi) is 6.72. The van der Waals surface area contributed by atoms with E-state index < -0.39 is 0 Å². The minimum atomic E-state index is 0.0659. The van der Waals surface area contributed by atoms with E-state index in [0.29, 0.717) is 31.2 Å². The van der Waals surface area contributed by atoms with E-state index in [1.54, 1.807) is 0 Å². The SMILES string of the molecule is CC1CN(C(=O)c2ccc(CN=C(N)N3CCCCCC3)cc2)CC(C)O1. The number of nitrogens with two attached hydrogens (primary N) is 1. The number of aliphatic imine (C=N–C) groups is 1. The number of guanidine groups is 1. The van der Waals surface area contributed by atoms with Gasteiger partial charge in [-0.15, -0.1) is 0 Å². The molecule has 1 aromatic rings. The van der Waals surface area contributed by atoms with Gasteiger partial charge in [-0.2, -0.15) is 0 Å². The maximum Gasteiger partial charge on any atom is 0.254 e. The molecule has 2 unspecified atom stereocenters. The predicted octanol–water partition coefficient (Wildman–Crippen LogP) is 2.63. The van der Waals surface area contributed by atoms with E-state index in [4.69, 9.17) is 10.5 Å². The van der Waals surface area contributed by atoms with Crippen LogP contribution in [0.25, 0.3) is 0 Å². The highest BCUT2D eigenvalue weighted by atomic mass is 16.5.